The fraction of sp³-hybridized carbons (Fsp3) is 0.857. The lowest BCUT2D eigenvalue weighted by molar-refractivity contribution is -0.146. The highest BCUT2D eigenvalue weighted by Crippen LogP contribution is 2.30. The van der Waals surface area contributed by atoms with Gasteiger partial charge in [0.2, 0.25) is 0 Å². The molecule has 1 aliphatic heterocycles. The van der Waals surface area contributed by atoms with Crippen LogP contribution in [-0.4, -0.2) is 61.3 Å². The quantitative estimate of drug-likeness (QED) is 0.444. The highest BCUT2D eigenvalue weighted by molar-refractivity contribution is 5.80. The van der Waals surface area contributed by atoms with Crippen LogP contribution in [0.2, 0.25) is 0 Å². The maximum absolute atomic E-state index is 11.5. The number of carbonyl (C=O) groups is 1. The van der Waals surface area contributed by atoms with Crippen LogP contribution in [0.1, 0.15) is 32.1 Å². The van der Waals surface area contributed by atoms with Gasteiger partial charge in [0.05, 0.1) is 18.6 Å². The van der Waals surface area contributed by atoms with Gasteiger partial charge in [0, 0.05) is 26.7 Å². The fourth-order valence-electron chi connectivity index (χ4n) is 2.83. The lowest BCUT2D eigenvalue weighted by Gasteiger charge is -2.39. The predicted molar refractivity (Wildman–Crippen MR) is 76.5 cm³/mol. The first-order chi connectivity index (χ1) is 9.58. The zero-order valence-electron chi connectivity index (χ0n) is 12.4. The van der Waals surface area contributed by atoms with E-state index in [0.29, 0.717) is 6.54 Å². The van der Waals surface area contributed by atoms with Crippen molar-refractivity contribution in [3.63, 3.8) is 0 Å². The van der Waals surface area contributed by atoms with Gasteiger partial charge < -0.3 is 20.1 Å². The van der Waals surface area contributed by atoms with Gasteiger partial charge in [-0.1, -0.05) is 0 Å². The van der Waals surface area contributed by atoms with E-state index in [4.69, 9.17) is 4.74 Å². The Labute approximate surface area is 120 Å². The molecule has 2 rings (SSSR count). The molecule has 1 saturated carbocycles. The summed E-state index contributed by atoms with van der Waals surface area (Å²) >= 11 is 0. The van der Waals surface area contributed by atoms with Gasteiger partial charge in [-0.3, -0.25) is 9.79 Å². The number of aliphatic imine (C=N–C) groups is 1. The molecule has 2 N–H and O–H groups in total. The smallest absolute Gasteiger partial charge is 0.308 e. The molecule has 1 heterocycles. The molecular weight excluding hydrogens is 258 g/mol. The Kier molecular flexibility index (Phi) is 4.86. The van der Waals surface area contributed by atoms with Crippen molar-refractivity contribution in [1.29, 1.82) is 0 Å². The molecule has 2 aliphatic rings. The SMILES string of the molecule is CN=C(NCC1(O)CCC1)N1CCC(C(=O)OC)CC1. The summed E-state index contributed by atoms with van der Waals surface area (Å²) < 4.78 is 4.79. The van der Waals surface area contributed by atoms with Crippen molar-refractivity contribution in [3.8, 4) is 0 Å². The molecular formula is C14H25N3O3. The first-order valence-electron chi connectivity index (χ1n) is 7.34. The van der Waals surface area contributed by atoms with Gasteiger partial charge >= 0.3 is 5.97 Å². The van der Waals surface area contributed by atoms with Crippen molar-refractivity contribution >= 4 is 11.9 Å². The average Bonchev–Trinajstić information content (AvgIpc) is 2.46. The fourth-order valence-corrected chi connectivity index (χ4v) is 2.83. The summed E-state index contributed by atoms with van der Waals surface area (Å²) in [6, 6.07) is 0. The molecule has 6 heteroatoms. The summed E-state index contributed by atoms with van der Waals surface area (Å²) in [7, 11) is 3.19. The van der Waals surface area contributed by atoms with Crippen LogP contribution in [0, 0.1) is 5.92 Å². The van der Waals surface area contributed by atoms with E-state index >= 15 is 0 Å². The minimum atomic E-state index is -0.555. The molecule has 6 nitrogen and oxygen atoms in total. The lowest BCUT2D eigenvalue weighted by atomic mass is 9.80. The van der Waals surface area contributed by atoms with Crippen LogP contribution >= 0.6 is 0 Å². The highest BCUT2D eigenvalue weighted by atomic mass is 16.5. The van der Waals surface area contributed by atoms with Crippen molar-refractivity contribution in [2.24, 2.45) is 10.9 Å². The third kappa shape index (κ3) is 3.42. The van der Waals surface area contributed by atoms with Crippen LogP contribution in [-0.2, 0) is 9.53 Å². The van der Waals surface area contributed by atoms with Gasteiger partial charge in [-0.15, -0.1) is 0 Å². The molecule has 0 aromatic carbocycles. The first-order valence-corrected chi connectivity index (χ1v) is 7.34. The number of likely N-dealkylation sites (tertiary alicyclic amines) is 1. The van der Waals surface area contributed by atoms with E-state index in [1.807, 2.05) is 0 Å². The molecule has 0 atom stereocenters. The van der Waals surface area contributed by atoms with Crippen LogP contribution in [0.4, 0.5) is 0 Å². The molecule has 1 aliphatic carbocycles. The van der Waals surface area contributed by atoms with Crippen molar-refractivity contribution in [1.82, 2.24) is 10.2 Å². The van der Waals surface area contributed by atoms with Crippen molar-refractivity contribution in [2.75, 3.05) is 33.8 Å². The monoisotopic (exact) mass is 283 g/mol. The van der Waals surface area contributed by atoms with Crippen molar-refractivity contribution in [3.05, 3.63) is 0 Å². The molecule has 0 spiro atoms. The number of carbonyl (C=O) groups excluding carboxylic acids is 1. The zero-order chi connectivity index (χ0) is 14.6. The third-order valence-electron chi connectivity index (χ3n) is 4.40. The van der Waals surface area contributed by atoms with Crippen molar-refractivity contribution in [2.45, 2.75) is 37.7 Å². The number of esters is 1. The van der Waals surface area contributed by atoms with Crippen LogP contribution < -0.4 is 5.32 Å². The number of piperidine rings is 1. The summed E-state index contributed by atoms with van der Waals surface area (Å²) in [4.78, 5) is 17.9. The summed E-state index contributed by atoms with van der Waals surface area (Å²) in [5, 5.41) is 13.4. The van der Waals surface area contributed by atoms with E-state index in [2.05, 4.69) is 15.2 Å². The Morgan fingerprint density at radius 1 is 1.45 bits per heavy atom. The Balaban J connectivity index is 1.80. The normalized spacial score (nSPS) is 23.1. The van der Waals surface area contributed by atoms with Crippen LogP contribution in [0.3, 0.4) is 0 Å². The minimum Gasteiger partial charge on any atom is -0.469 e. The molecule has 0 radical (unpaired) electrons. The zero-order valence-corrected chi connectivity index (χ0v) is 12.4. The maximum atomic E-state index is 11.5. The van der Waals surface area contributed by atoms with E-state index in [9.17, 15) is 9.90 Å². The van der Waals surface area contributed by atoms with E-state index in [0.717, 1.165) is 51.2 Å². The summed E-state index contributed by atoms with van der Waals surface area (Å²) in [6.07, 6.45) is 4.40. The maximum Gasteiger partial charge on any atom is 0.308 e. The van der Waals surface area contributed by atoms with E-state index in [1.54, 1.807) is 7.05 Å². The van der Waals surface area contributed by atoms with Gasteiger partial charge in [0.1, 0.15) is 0 Å². The number of methoxy groups -OCH3 is 1. The van der Waals surface area contributed by atoms with Gasteiger partial charge in [-0.25, -0.2) is 0 Å². The summed E-state index contributed by atoms with van der Waals surface area (Å²) in [6.45, 7) is 2.13. The topological polar surface area (TPSA) is 74.2 Å². The molecule has 0 aromatic rings. The van der Waals surface area contributed by atoms with Gasteiger partial charge in [-0.2, -0.15) is 0 Å². The molecule has 1 saturated heterocycles. The second-order valence-electron chi connectivity index (χ2n) is 5.76. The molecule has 2 fully saturated rings. The van der Waals surface area contributed by atoms with Gasteiger partial charge in [-0.05, 0) is 32.1 Å². The lowest BCUT2D eigenvalue weighted by Crippen LogP contribution is -2.53. The Morgan fingerprint density at radius 3 is 2.55 bits per heavy atom. The number of aliphatic hydroxyl groups is 1. The van der Waals surface area contributed by atoms with E-state index in [-0.39, 0.29) is 11.9 Å². The van der Waals surface area contributed by atoms with E-state index in [1.165, 1.54) is 7.11 Å². The van der Waals surface area contributed by atoms with E-state index < -0.39 is 5.60 Å². The van der Waals surface area contributed by atoms with Gasteiger partial charge in [0.15, 0.2) is 5.96 Å². The summed E-state index contributed by atoms with van der Waals surface area (Å²) in [5.74, 6) is 0.704. The number of nitrogens with zero attached hydrogens (tertiary/aromatic N) is 2. The predicted octanol–water partition coefficient (Wildman–Crippen LogP) is 0.362. The standard InChI is InChI=1S/C14H25N3O3/c1-15-13(16-10-14(19)6-3-7-14)17-8-4-11(5-9-17)12(18)20-2/h11,19H,3-10H2,1-2H3,(H,15,16). The number of rotatable bonds is 3. The Morgan fingerprint density at radius 2 is 2.10 bits per heavy atom. The molecule has 0 aromatic heterocycles. The van der Waals surface area contributed by atoms with Crippen LogP contribution in [0.5, 0.6) is 0 Å². The number of nitrogens with one attached hydrogen (secondary N) is 1. The minimum absolute atomic E-state index is 0.00479. The number of hydrogen-bond acceptors (Lipinski definition) is 4. The second-order valence-corrected chi connectivity index (χ2v) is 5.76. The van der Waals surface area contributed by atoms with Crippen molar-refractivity contribution < 1.29 is 14.6 Å². The van der Waals surface area contributed by atoms with Crippen LogP contribution in [0.25, 0.3) is 0 Å². The Bertz CT molecular complexity index is 372. The molecule has 114 valence electrons. The molecule has 0 unspecified atom stereocenters. The third-order valence-corrected chi connectivity index (χ3v) is 4.40. The summed E-state index contributed by atoms with van der Waals surface area (Å²) in [5.41, 5.74) is -0.555. The molecule has 20 heavy (non-hydrogen) atoms. The molecule has 0 bridgehead atoms. The highest BCUT2D eigenvalue weighted by Gasteiger charge is 2.35. The average molecular weight is 283 g/mol. The number of ether oxygens (including phenoxy) is 1. The second kappa shape index (κ2) is 6.43. The Hall–Kier alpha value is -1.30. The molecule has 0 amide bonds. The first kappa shape index (κ1) is 15.1. The number of guanidine groups is 1. The van der Waals surface area contributed by atoms with Crippen LogP contribution in [0.15, 0.2) is 4.99 Å². The van der Waals surface area contributed by atoms with Gasteiger partial charge in [0.25, 0.3) is 0 Å². The largest absolute Gasteiger partial charge is 0.469 e. The number of hydrogen-bond donors (Lipinski definition) is 2.